The lowest BCUT2D eigenvalue weighted by atomic mass is 10.1. The van der Waals surface area contributed by atoms with E-state index in [-0.39, 0.29) is 17.1 Å². The molecule has 0 N–H and O–H groups in total. The lowest BCUT2D eigenvalue weighted by Gasteiger charge is -2.19. The van der Waals surface area contributed by atoms with E-state index >= 15 is 0 Å². The van der Waals surface area contributed by atoms with E-state index in [1.165, 1.54) is 36.9 Å². The van der Waals surface area contributed by atoms with Crippen LogP contribution in [0.4, 0.5) is 5.69 Å². The van der Waals surface area contributed by atoms with Crippen molar-refractivity contribution in [3.05, 3.63) is 54.1 Å². The van der Waals surface area contributed by atoms with Crippen molar-refractivity contribution in [1.29, 1.82) is 0 Å². The molecule has 0 heterocycles. The van der Waals surface area contributed by atoms with Crippen LogP contribution in [0.3, 0.4) is 0 Å². The van der Waals surface area contributed by atoms with Crippen LogP contribution < -0.4 is 14.4 Å². The van der Waals surface area contributed by atoms with Gasteiger partial charge in [-0.25, -0.2) is 0 Å². The monoisotopic (exact) mass is 327 g/mol. The Kier molecular flexibility index (Phi) is 5.31. The molecule has 0 saturated heterocycles. The molecule has 0 unspecified atom stereocenters. The molecule has 0 saturated carbocycles. The highest BCUT2D eigenvalue weighted by Gasteiger charge is 2.20. The van der Waals surface area contributed by atoms with Gasteiger partial charge in [-0.3, -0.25) is 14.4 Å². The van der Waals surface area contributed by atoms with Crippen molar-refractivity contribution in [1.82, 2.24) is 0 Å². The Hall–Kier alpha value is -3.15. The predicted octanol–water partition coefficient (Wildman–Crippen LogP) is 2.81. The molecule has 0 bridgehead atoms. The van der Waals surface area contributed by atoms with Crippen LogP contribution in [0.1, 0.15) is 24.2 Å². The molecule has 0 radical (unpaired) electrons. The number of ether oxygens (including phenoxy) is 2. The van der Waals surface area contributed by atoms with E-state index in [9.17, 15) is 14.4 Å². The minimum Gasteiger partial charge on any atom is -0.427 e. The molecule has 6 nitrogen and oxygen atoms in total. The summed E-state index contributed by atoms with van der Waals surface area (Å²) in [4.78, 5) is 36.6. The second kappa shape index (κ2) is 7.41. The number of amides is 1. The third-order valence-corrected chi connectivity index (χ3v) is 3.14. The lowest BCUT2D eigenvalue weighted by Crippen LogP contribution is -2.27. The Bertz CT molecular complexity index is 770. The Morgan fingerprint density at radius 3 is 2.08 bits per heavy atom. The summed E-state index contributed by atoms with van der Waals surface area (Å²) in [7, 11) is 1.60. The van der Waals surface area contributed by atoms with E-state index < -0.39 is 17.8 Å². The number of esters is 2. The number of carbonyl (C=O) groups excluding carboxylic acids is 3. The molecule has 0 aliphatic rings. The van der Waals surface area contributed by atoms with Crippen LogP contribution in [0.15, 0.2) is 48.5 Å². The smallest absolute Gasteiger partial charge is 0.308 e. The van der Waals surface area contributed by atoms with Crippen LogP contribution in [0.5, 0.6) is 11.5 Å². The second-order valence-electron chi connectivity index (χ2n) is 5.04. The molecule has 2 aromatic rings. The van der Waals surface area contributed by atoms with E-state index in [4.69, 9.17) is 9.47 Å². The summed E-state index contributed by atoms with van der Waals surface area (Å²) in [6, 6.07) is 13.3. The van der Waals surface area contributed by atoms with Gasteiger partial charge in [0.15, 0.2) is 0 Å². The third kappa shape index (κ3) is 4.19. The number of carbonyl (C=O) groups is 3. The second-order valence-corrected chi connectivity index (χ2v) is 5.04. The highest BCUT2D eigenvalue weighted by molar-refractivity contribution is 6.08. The first-order valence-electron chi connectivity index (χ1n) is 7.22. The normalized spacial score (nSPS) is 9.96. The van der Waals surface area contributed by atoms with Crippen molar-refractivity contribution in [2.75, 3.05) is 11.9 Å². The van der Waals surface area contributed by atoms with Crippen molar-refractivity contribution >= 4 is 23.5 Å². The summed E-state index contributed by atoms with van der Waals surface area (Å²) in [6.45, 7) is 2.51. The van der Waals surface area contributed by atoms with Gasteiger partial charge in [0.2, 0.25) is 0 Å². The van der Waals surface area contributed by atoms with Crippen molar-refractivity contribution in [2.45, 2.75) is 13.8 Å². The summed E-state index contributed by atoms with van der Waals surface area (Å²) >= 11 is 0. The first-order chi connectivity index (χ1) is 11.4. The van der Waals surface area contributed by atoms with E-state index in [2.05, 4.69) is 0 Å². The minimum atomic E-state index is -0.549. The van der Waals surface area contributed by atoms with Gasteiger partial charge in [-0.1, -0.05) is 18.2 Å². The van der Waals surface area contributed by atoms with Crippen LogP contribution in [0.2, 0.25) is 0 Å². The van der Waals surface area contributed by atoms with Gasteiger partial charge in [0.05, 0.1) is 5.56 Å². The zero-order valence-electron chi connectivity index (χ0n) is 13.6. The molecule has 124 valence electrons. The molecular weight excluding hydrogens is 310 g/mol. The van der Waals surface area contributed by atoms with Crippen LogP contribution in [-0.2, 0) is 9.59 Å². The molecule has 24 heavy (non-hydrogen) atoms. The van der Waals surface area contributed by atoms with Gasteiger partial charge in [-0.05, 0) is 30.3 Å². The molecule has 1 amide bonds. The fourth-order valence-corrected chi connectivity index (χ4v) is 2.10. The molecule has 0 spiro atoms. The van der Waals surface area contributed by atoms with Gasteiger partial charge in [-0.15, -0.1) is 0 Å². The standard InChI is InChI=1S/C18H17NO5/c1-12(20)23-15-9-10-17(24-13(2)21)16(11-15)18(22)19(3)14-7-5-4-6-8-14/h4-11H,1-3H3. The van der Waals surface area contributed by atoms with Crippen LogP contribution in [0, 0.1) is 0 Å². The van der Waals surface area contributed by atoms with E-state index in [0.717, 1.165) is 0 Å². The number of nitrogens with zero attached hydrogens (tertiary/aromatic N) is 1. The Labute approximate surface area is 139 Å². The highest BCUT2D eigenvalue weighted by atomic mass is 16.5. The maximum absolute atomic E-state index is 12.8. The van der Waals surface area contributed by atoms with Gasteiger partial charge < -0.3 is 14.4 Å². The third-order valence-electron chi connectivity index (χ3n) is 3.14. The summed E-state index contributed by atoms with van der Waals surface area (Å²) < 4.78 is 10.1. The van der Waals surface area contributed by atoms with Crippen LogP contribution in [0.25, 0.3) is 0 Å². The fourth-order valence-electron chi connectivity index (χ4n) is 2.10. The predicted molar refractivity (Wildman–Crippen MR) is 88.2 cm³/mol. The fraction of sp³-hybridized carbons (Fsp3) is 0.167. The number of rotatable bonds is 4. The zero-order chi connectivity index (χ0) is 17.7. The highest BCUT2D eigenvalue weighted by Crippen LogP contribution is 2.27. The van der Waals surface area contributed by atoms with Gasteiger partial charge >= 0.3 is 11.9 Å². The van der Waals surface area contributed by atoms with Gasteiger partial charge in [0, 0.05) is 26.6 Å². The first kappa shape index (κ1) is 17.2. The quantitative estimate of drug-likeness (QED) is 0.638. The van der Waals surface area contributed by atoms with E-state index in [1.54, 1.807) is 31.3 Å². The number of benzene rings is 2. The summed E-state index contributed by atoms with van der Waals surface area (Å²) in [5, 5.41) is 0. The van der Waals surface area contributed by atoms with Gasteiger partial charge in [-0.2, -0.15) is 0 Å². The maximum Gasteiger partial charge on any atom is 0.308 e. The topological polar surface area (TPSA) is 72.9 Å². The largest absolute Gasteiger partial charge is 0.427 e. The van der Waals surface area contributed by atoms with Crippen molar-refractivity contribution in [3.63, 3.8) is 0 Å². The average molecular weight is 327 g/mol. The van der Waals surface area contributed by atoms with E-state index in [0.29, 0.717) is 5.69 Å². The number of hydrogen-bond acceptors (Lipinski definition) is 5. The lowest BCUT2D eigenvalue weighted by molar-refractivity contribution is -0.133. The molecule has 0 fully saturated rings. The summed E-state index contributed by atoms with van der Waals surface area (Å²) in [6.07, 6.45) is 0. The number of para-hydroxylation sites is 1. The van der Waals surface area contributed by atoms with Crippen molar-refractivity contribution in [2.24, 2.45) is 0 Å². The number of anilines is 1. The van der Waals surface area contributed by atoms with Crippen molar-refractivity contribution in [3.8, 4) is 11.5 Å². The summed E-state index contributed by atoms with van der Waals surface area (Å²) in [5.74, 6) is -1.16. The molecule has 0 aliphatic carbocycles. The van der Waals surface area contributed by atoms with Crippen LogP contribution >= 0.6 is 0 Å². The molecule has 0 aromatic heterocycles. The number of hydrogen-bond donors (Lipinski definition) is 0. The van der Waals surface area contributed by atoms with Crippen molar-refractivity contribution < 1.29 is 23.9 Å². The Morgan fingerprint density at radius 2 is 1.50 bits per heavy atom. The molecule has 2 rings (SSSR count). The van der Waals surface area contributed by atoms with E-state index in [1.807, 2.05) is 6.07 Å². The molecule has 0 atom stereocenters. The SMILES string of the molecule is CC(=O)Oc1ccc(OC(C)=O)c(C(=O)N(C)c2ccccc2)c1. The molecule has 0 aliphatic heterocycles. The zero-order valence-corrected chi connectivity index (χ0v) is 13.6. The minimum absolute atomic E-state index is 0.103. The Morgan fingerprint density at radius 1 is 0.875 bits per heavy atom. The van der Waals surface area contributed by atoms with Gasteiger partial charge in [0.1, 0.15) is 11.5 Å². The average Bonchev–Trinajstić information content (AvgIpc) is 2.55. The summed E-state index contributed by atoms with van der Waals surface area (Å²) in [5.41, 5.74) is 0.796. The van der Waals surface area contributed by atoms with Crippen LogP contribution in [-0.4, -0.2) is 24.9 Å². The molecular formula is C18H17NO5. The van der Waals surface area contributed by atoms with Gasteiger partial charge in [0.25, 0.3) is 5.91 Å². The maximum atomic E-state index is 12.8. The molecule has 2 aromatic carbocycles. The Balaban J connectivity index is 2.42. The first-order valence-corrected chi connectivity index (χ1v) is 7.22. The molecule has 6 heteroatoms.